The molecule has 1 aromatic heterocycles. The summed E-state index contributed by atoms with van der Waals surface area (Å²) in [5.41, 5.74) is 6.65. The Labute approximate surface area is 102 Å². The van der Waals surface area contributed by atoms with Crippen molar-refractivity contribution in [3.63, 3.8) is 0 Å². The van der Waals surface area contributed by atoms with E-state index in [4.69, 9.17) is 0 Å². The quantitative estimate of drug-likeness (QED) is 0.745. The molecular weight excluding hydrogens is 210 g/mol. The molecule has 0 aliphatic rings. The van der Waals surface area contributed by atoms with E-state index in [0.717, 1.165) is 22.0 Å². The van der Waals surface area contributed by atoms with Gasteiger partial charge in [0.15, 0.2) is 0 Å². The molecule has 2 heteroatoms. The molecule has 0 bridgehead atoms. The second kappa shape index (κ2) is 3.73. The van der Waals surface area contributed by atoms with E-state index in [1.54, 1.807) is 0 Å². The third kappa shape index (κ3) is 1.51. The van der Waals surface area contributed by atoms with Crippen LogP contribution in [0.4, 0.5) is 0 Å². The monoisotopic (exact) mass is 229 g/mol. The molecule has 17 heavy (non-hydrogen) atoms. The average molecular weight is 229 g/mol. The lowest BCUT2D eigenvalue weighted by atomic mass is 9.90. The lowest BCUT2D eigenvalue weighted by Gasteiger charge is -2.17. The molecule has 0 unspecified atom stereocenters. The van der Waals surface area contributed by atoms with Gasteiger partial charge in [0.2, 0.25) is 0 Å². The number of pyridine rings is 1. The third-order valence-corrected chi connectivity index (χ3v) is 3.96. The summed E-state index contributed by atoms with van der Waals surface area (Å²) in [6.45, 7) is 12.3. The molecule has 1 aromatic carbocycles. The van der Waals surface area contributed by atoms with Gasteiger partial charge in [0, 0.05) is 16.5 Å². The first-order valence-corrected chi connectivity index (χ1v) is 5.92. The molecule has 0 spiro atoms. The Balaban J connectivity index is 3.17. The van der Waals surface area contributed by atoms with E-state index >= 15 is 0 Å². The minimum Gasteiger partial charge on any atom is -0.505 e. The number of rotatable bonds is 0. The van der Waals surface area contributed by atoms with Gasteiger partial charge in [-0.1, -0.05) is 0 Å². The fourth-order valence-corrected chi connectivity index (χ4v) is 2.60. The summed E-state index contributed by atoms with van der Waals surface area (Å²) in [4.78, 5) is 4.42. The zero-order valence-corrected chi connectivity index (χ0v) is 11.4. The molecule has 0 aliphatic carbocycles. The Bertz CT molecular complexity index is 627. The number of fused-ring (bicyclic) bond motifs is 1. The number of aryl methyl sites for hydroxylation is 4. The topological polar surface area (TPSA) is 33.1 Å². The Morgan fingerprint density at radius 3 is 1.65 bits per heavy atom. The van der Waals surface area contributed by atoms with Gasteiger partial charge in [-0.2, -0.15) is 0 Å². The normalized spacial score (nSPS) is 11.2. The highest BCUT2D eigenvalue weighted by atomic mass is 16.3. The van der Waals surface area contributed by atoms with Crippen molar-refractivity contribution in [1.29, 1.82) is 0 Å². The summed E-state index contributed by atoms with van der Waals surface area (Å²) >= 11 is 0. The number of aromatic hydroxyl groups is 1. The first kappa shape index (κ1) is 11.9. The second-order valence-corrected chi connectivity index (χ2v) is 4.88. The summed E-state index contributed by atoms with van der Waals surface area (Å²) in [5.74, 6) is 0.328. The van der Waals surface area contributed by atoms with Crippen molar-refractivity contribution >= 4 is 10.8 Å². The Kier molecular flexibility index (Phi) is 2.61. The SMILES string of the molecule is Cc1nc(C)c2c(C)c(C)c(C)c(C)c2c1O. The number of nitrogens with zero attached hydrogens (tertiary/aromatic N) is 1. The van der Waals surface area contributed by atoms with E-state index in [2.05, 4.69) is 32.7 Å². The van der Waals surface area contributed by atoms with Crippen LogP contribution in [-0.4, -0.2) is 10.1 Å². The Morgan fingerprint density at radius 2 is 1.12 bits per heavy atom. The van der Waals surface area contributed by atoms with Crippen molar-refractivity contribution in [2.24, 2.45) is 0 Å². The maximum absolute atomic E-state index is 10.2. The molecule has 0 saturated heterocycles. The lowest BCUT2D eigenvalue weighted by molar-refractivity contribution is 0.473. The van der Waals surface area contributed by atoms with Gasteiger partial charge in [0.05, 0.1) is 5.69 Å². The lowest BCUT2D eigenvalue weighted by Crippen LogP contribution is -1.99. The van der Waals surface area contributed by atoms with Crippen molar-refractivity contribution in [3.05, 3.63) is 33.6 Å². The molecule has 0 atom stereocenters. The molecule has 1 N–H and O–H groups in total. The summed E-state index contributed by atoms with van der Waals surface area (Å²) in [7, 11) is 0. The van der Waals surface area contributed by atoms with Gasteiger partial charge >= 0.3 is 0 Å². The molecule has 1 heterocycles. The van der Waals surface area contributed by atoms with Crippen LogP contribution in [0.3, 0.4) is 0 Å². The minimum atomic E-state index is 0.328. The summed E-state index contributed by atoms with van der Waals surface area (Å²) in [6, 6.07) is 0. The standard InChI is InChI=1S/C15H19NO/c1-7-8(2)10(4)14-13(9(7)3)11(5)16-12(6)15(14)17/h17H,1-6H3. The zero-order chi connectivity index (χ0) is 12.9. The number of hydrogen-bond donors (Lipinski definition) is 1. The van der Waals surface area contributed by atoms with Crippen LogP contribution >= 0.6 is 0 Å². The van der Waals surface area contributed by atoms with Crippen molar-refractivity contribution in [3.8, 4) is 5.75 Å². The van der Waals surface area contributed by atoms with Crippen molar-refractivity contribution in [2.45, 2.75) is 41.5 Å². The minimum absolute atomic E-state index is 0.328. The highest BCUT2D eigenvalue weighted by Gasteiger charge is 2.16. The molecule has 0 radical (unpaired) electrons. The van der Waals surface area contributed by atoms with E-state index in [9.17, 15) is 5.11 Å². The van der Waals surface area contributed by atoms with Crippen LogP contribution in [-0.2, 0) is 0 Å². The van der Waals surface area contributed by atoms with Gasteiger partial charge in [-0.05, 0) is 63.8 Å². The van der Waals surface area contributed by atoms with Gasteiger partial charge < -0.3 is 5.11 Å². The molecule has 2 aromatic rings. The van der Waals surface area contributed by atoms with Crippen LogP contribution in [0.25, 0.3) is 10.8 Å². The van der Waals surface area contributed by atoms with Gasteiger partial charge in [0.25, 0.3) is 0 Å². The van der Waals surface area contributed by atoms with Crippen molar-refractivity contribution in [2.75, 3.05) is 0 Å². The van der Waals surface area contributed by atoms with Crippen LogP contribution in [0.5, 0.6) is 5.75 Å². The van der Waals surface area contributed by atoms with Gasteiger partial charge in [-0.3, -0.25) is 4.98 Å². The largest absolute Gasteiger partial charge is 0.505 e. The summed E-state index contributed by atoms with van der Waals surface area (Å²) < 4.78 is 0. The van der Waals surface area contributed by atoms with E-state index in [0.29, 0.717) is 11.4 Å². The molecule has 2 rings (SSSR count). The van der Waals surface area contributed by atoms with Gasteiger partial charge in [-0.15, -0.1) is 0 Å². The number of benzene rings is 1. The summed E-state index contributed by atoms with van der Waals surface area (Å²) in [5, 5.41) is 12.3. The van der Waals surface area contributed by atoms with E-state index in [1.807, 2.05) is 13.8 Å². The van der Waals surface area contributed by atoms with Crippen LogP contribution in [0.1, 0.15) is 33.6 Å². The van der Waals surface area contributed by atoms with Crippen LogP contribution < -0.4 is 0 Å². The number of hydrogen-bond acceptors (Lipinski definition) is 2. The van der Waals surface area contributed by atoms with Crippen LogP contribution in [0.15, 0.2) is 0 Å². The van der Waals surface area contributed by atoms with Gasteiger partial charge in [-0.25, -0.2) is 0 Å². The molecule has 0 fully saturated rings. The maximum Gasteiger partial charge on any atom is 0.144 e. The molecule has 0 amide bonds. The third-order valence-electron chi connectivity index (χ3n) is 3.96. The Hall–Kier alpha value is -1.57. The van der Waals surface area contributed by atoms with Crippen LogP contribution in [0.2, 0.25) is 0 Å². The summed E-state index contributed by atoms with van der Waals surface area (Å²) in [6.07, 6.45) is 0. The molecule has 0 saturated carbocycles. The second-order valence-electron chi connectivity index (χ2n) is 4.88. The van der Waals surface area contributed by atoms with E-state index < -0.39 is 0 Å². The van der Waals surface area contributed by atoms with Crippen molar-refractivity contribution < 1.29 is 5.11 Å². The zero-order valence-electron chi connectivity index (χ0n) is 11.4. The highest BCUT2D eigenvalue weighted by Crippen LogP contribution is 2.37. The smallest absolute Gasteiger partial charge is 0.144 e. The maximum atomic E-state index is 10.2. The first-order chi connectivity index (χ1) is 7.86. The van der Waals surface area contributed by atoms with Crippen LogP contribution in [0, 0.1) is 41.5 Å². The molecule has 0 aliphatic heterocycles. The van der Waals surface area contributed by atoms with E-state index in [-0.39, 0.29) is 0 Å². The molecule has 2 nitrogen and oxygen atoms in total. The van der Waals surface area contributed by atoms with E-state index in [1.165, 1.54) is 16.7 Å². The van der Waals surface area contributed by atoms with Gasteiger partial charge in [0.1, 0.15) is 5.75 Å². The highest BCUT2D eigenvalue weighted by molar-refractivity contribution is 5.97. The fourth-order valence-electron chi connectivity index (χ4n) is 2.60. The predicted octanol–water partition coefficient (Wildman–Crippen LogP) is 3.79. The molecular formula is C15H19NO. The first-order valence-electron chi connectivity index (χ1n) is 5.92. The number of aromatic nitrogens is 1. The predicted molar refractivity (Wildman–Crippen MR) is 71.8 cm³/mol. The molecule has 90 valence electrons. The average Bonchev–Trinajstić information content (AvgIpc) is 2.28. The fraction of sp³-hybridized carbons (Fsp3) is 0.400. The van der Waals surface area contributed by atoms with Crippen molar-refractivity contribution in [1.82, 2.24) is 4.98 Å². The Morgan fingerprint density at radius 1 is 0.647 bits per heavy atom.